The number of nitrogens with zero attached hydrogens (tertiary/aromatic N) is 1. The van der Waals surface area contributed by atoms with Crippen LogP contribution < -0.4 is 10.6 Å². The molecule has 0 radical (unpaired) electrons. The summed E-state index contributed by atoms with van der Waals surface area (Å²) in [7, 11) is -1.54. The first-order valence-electron chi connectivity index (χ1n) is 11.4. The Morgan fingerprint density at radius 2 is 1.78 bits per heavy atom. The molecule has 1 saturated heterocycles. The first-order valence-corrected chi connectivity index (χ1v) is 14.4. The molecule has 1 heterocycles. The zero-order valence-corrected chi connectivity index (χ0v) is 19.8. The number of nitrogens with one attached hydrogen (secondary N) is 2. The van der Waals surface area contributed by atoms with Gasteiger partial charge in [0.1, 0.15) is 8.24 Å². The topological polar surface area (TPSA) is 27.3 Å². The summed E-state index contributed by atoms with van der Waals surface area (Å²) in [4.78, 5) is 0. The van der Waals surface area contributed by atoms with Gasteiger partial charge in [-0.3, -0.25) is 15.2 Å². The van der Waals surface area contributed by atoms with Crippen molar-refractivity contribution in [2.75, 3.05) is 20.0 Å². The Balaban J connectivity index is 1.97. The van der Waals surface area contributed by atoms with Crippen LogP contribution in [-0.4, -0.2) is 32.8 Å². The summed E-state index contributed by atoms with van der Waals surface area (Å²) >= 11 is 0. The maximum atomic E-state index is 3.55. The van der Waals surface area contributed by atoms with Crippen molar-refractivity contribution in [1.29, 1.82) is 0 Å². The fourth-order valence-electron chi connectivity index (χ4n) is 5.97. The van der Waals surface area contributed by atoms with E-state index in [1.54, 1.807) is 11.1 Å². The van der Waals surface area contributed by atoms with Gasteiger partial charge in [-0.15, -0.1) is 0 Å². The average Bonchev–Trinajstić information content (AvgIpc) is 3.01. The monoisotopic (exact) mass is 389 g/mol. The van der Waals surface area contributed by atoms with Crippen LogP contribution in [0.25, 0.3) is 0 Å². The molecular weight excluding hydrogens is 346 g/mol. The van der Waals surface area contributed by atoms with Gasteiger partial charge in [-0.25, -0.2) is 0 Å². The standard InChI is InChI=1S/C23H43N3Si/c1-8-9-18-12-22(27(6,7)26-14-24-13-25-15-26)21-11-19(16(2)3)10-20(17(4)5)23(18)21/h10-11,16-18,21-25H,8-9,12-15H2,1-7H3/t18-,21?,22?,23?/m0/s1. The van der Waals surface area contributed by atoms with E-state index in [1.807, 2.05) is 0 Å². The second-order valence-corrected chi connectivity index (χ2v) is 15.0. The molecule has 0 bridgehead atoms. The first-order chi connectivity index (χ1) is 12.8. The predicted octanol–water partition coefficient (Wildman–Crippen LogP) is 5.16. The Labute approximate surface area is 169 Å². The van der Waals surface area contributed by atoms with Gasteiger partial charge in [-0.2, -0.15) is 0 Å². The summed E-state index contributed by atoms with van der Waals surface area (Å²) in [6, 6.07) is 0. The van der Waals surface area contributed by atoms with Gasteiger partial charge < -0.3 is 0 Å². The third-order valence-electron chi connectivity index (χ3n) is 7.62. The maximum absolute atomic E-state index is 3.55. The van der Waals surface area contributed by atoms with Crippen LogP contribution in [0.5, 0.6) is 0 Å². The highest BCUT2D eigenvalue weighted by molar-refractivity contribution is 6.76. The van der Waals surface area contributed by atoms with E-state index < -0.39 is 8.24 Å². The highest BCUT2D eigenvalue weighted by atomic mass is 28.3. The molecule has 1 aliphatic heterocycles. The molecular formula is C23H43N3Si. The molecule has 3 unspecified atom stereocenters. The van der Waals surface area contributed by atoms with E-state index in [0.717, 1.165) is 43.3 Å². The summed E-state index contributed by atoms with van der Waals surface area (Å²) in [6.45, 7) is 20.3. The van der Waals surface area contributed by atoms with E-state index in [-0.39, 0.29) is 0 Å². The summed E-state index contributed by atoms with van der Waals surface area (Å²) in [5.41, 5.74) is 4.21. The van der Waals surface area contributed by atoms with Gasteiger partial charge in [0.25, 0.3) is 0 Å². The molecule has 1 saturated carbocycles. The molecule has 3 rings (SSSR count). The zero-order chi connectivity index (χ0) is 19.8. The highest BCUT2D eigenvalue weighted by Crippen LogP contribution is 2.58. The van der Waals surface area contributed by atoms with Crippen molar-refractivity contribution in [3.8, 4) is 0 Å². The largest absolute Gasteiger partial charge is 0.299 e. The van der Waals surface area contributed by atoms with Crippen molar-refractivity contribution >= 4 is 8.24 Å². The second-order valence-electron chi connectivity index (χ2n) is 10.3. The third-order valence-corrected chi connectivity index (χ3v) is 12.0. The van der Waals surface area contributed by atoms with Crippen molar-refractivity contribution in [3.05, 3.63) is 23.3 Å². The third kappa shape index (κ3) is 4.14. The number of hydrogen-bond acceptors (Lipinski definition) is 3. The van der Waals surface area contributed by atoms with Crippen LogP contribution in [0.3, 0.4) is 0 Å². The van der Waals surface area contributed by atoms with E-state index in [9.17, 15) is 0 Å². The van der Waals surface area contributed by atoms with E-state index in [1.165, 1.54) is 19.3 Å². The Morgan fingerprint density at radius 3 is 2.33 bits per heavy atom. The molecule has 0 aromatic carbocycles. The summed E-state index contributed by atoms with van der Waals surface area (Å²) in [5, 5.41) is 7.10. The number of rotatable bonds is 6. The maximum Gasteiger partial charge on any atom is 0.128 e. The quantitative estimate of drug-likeness (QED) is 0.614. The molecule has 4 heteroatoms. The van der Waals surface area contributed by atoms with Gasteiger partial charge in [-0.05, 0) is 47.1 Å². The van der Waals surface area contributed by atoms with Crippen LogP contribution in [0.15, 0.2) is 23.3 Å². The van der Waals surface area contributed by atoms with Gasteiger partial charge in [0.05, 0.1) is 0 Å². The molecule has 0 aromatic heterocycles. The normalized spacial score (nSPS) is 32.6. The lowest BCUT2D eigenvalue weighted by atomic mass is 9.72. The van der Waals surface area contributed by atoms with Crippen LogP contribution in [-0.2, 0) is 0 Å². The Bertz CT molecular complexity index is 572. The minimum absolute atomic E-state index is 0.633. The SMILES string of the molecule is CCC[C@H]1CC([Si](C)(C)N2CNCNC2)C2C=C(C(C)C)C=C(C(C)C)C21. The lowest BCUT2D eigenvalue weighted by Crippen LogP contribution is -2.63. The molecule has 3 nitrogen and oxygen atoms in total. The minimum atomic E-state index is -1.54. The van der Waals surface area contributed by atoms with Crippen molar-refractivity contribution < 1.29 is 0 Å². The van der Waals surface area contributed by atoms with Crippen molar-refractivity contribution in [3.63, 3.8) is 0 Å². The molecule has 2 N–H and O–H groups in total. The molecule has 2 aliphatic carbocycles. The molecule has 0 spiro atoms. The van der Waals surface area contributed by atoms with Crippen LogP contribution >= 0.6 is 0 Å². The lowest BCUT2D eigenvalue weighted by Gasteiger charge is -2.46. The fraction of sp³-hybridized carbons (Fsp3) is 0.826. The van der Waals surface area contributed by atoms with Gasteiger partial charge in [0, 0.05) is 20.0 Å². The molecule has 0 aromatic rings. The molecule has 4 atom stereocenters. The molecule has 3 aliphatic rings. The van der Waals surface area contributed by atoms with Crippen LogP contribution in [0.1, 0.15) is 53.9 Å². The fourth-order valence-corrected chi connectivity index (χ4v) is 9.61. The molecule has 154 valence electrons. The van der Waals surface area contributed by atoms with E-state index in [2.05, 4.69) is 75.1 Å². The van der Waals surface area contributed by atoms with E-state index in [4.69, 9.17) is 0 Å². The van der Waals surface area contributed by atoms with Crippen molar-refractivity contribution in [1.82, 2.24) is 15.2 Å². The summed E-state index contributed by atoms with van der Waals surface area (Å²) in [5.74, 6) is 3.72. The number of fused-ring (bicyclic) bond motifs is 1. The van der Waals surface area contributed by atoms with Crippen molar-refractivity contribution in [2.24, 2.45) is 29.6 Å². The van der Waals surface area contributed by atoms with Crippen molar-refractivity contribution in [2.45, 2.75) is 72.5 Å². The molecule has 2 fully saturated rings. The molecule has 27 heavy (non-hydrogen) atoms. The Kier molecular flexibility index (Phi) is 6.72. The van der Waals surface area contributed by atoms with Crippen LogP contribution in [0.2, 0.25) is 18.6 Å². The summed E-state index contributed by atoms with van der Waals surface area (Å²) < 4.78 is 2.77. The zero-order valence-electron chi connectivity index (χ0n) is 18.8. The van der Waals surface area contributed by atoms with Crippen LogP contribution in [0, 0.1) is 29.6 Å². The Morgan fingerprint density at radius 1 is 1.11 bits per heavy atom. The molecule has 0 amide bonds. The van der Waals surface area contributed by atoms with Gasteiger partial charge >= 0.3 is 0 Å². The number of hydrogen-bond donors (Lipinski definition) is 2. The average molecular weight is 390 g/mol. The lowest BCUT2D eigenvalue weighted by molar-refractivity contribution is 0.282. The first kappa shape index (κ1) is 21.3. The minimum Gasteiger partial charge on any atom is -0.299 e. The van der Waals surface area contributed by atoms with Gasteiger partial charge in [-0.1, -0.05) is 78.3 Å². The smallest absolute Gasteiger partial charge is 0.128 e. The van der Waals surface area contributed by atoms with Gasteiger partial charge in [0.15, 0.2) is 0 Å². The van der Waals surface area contributed by atoms with Crippen LogP contribution in [0.4, 0.5) is 0 Å². The Hall–Kier alpha value is -0.423. The second kappa shape index (κ2) is 8.52. The highest BCUT2D eigenvalue weighted by Gasteiger charge is 2.53. The number of allylic oxidation sites excluding steroid dienone is 4. The van der Waals surface area contributed by atoms with E-state index >= 15 is 0 Å². The van der Waals surface area contributed by atoms with E-state index in [0.29, 0.717) is 11.8 Å². The van der Waals surface area contributed by atoms with Gasteiger partial charge in [0.2, 0.25) is 0 Å². The predicted molar refractivity (Wildman–Crippen MR) is 120 cm³/mol. The summed E-state index contributed by atoms with van der Waals surface area (Å²) in [6.07, 6.45) is 9.47.